The lowest BCUT2D eigenvalue weighted by Gasteiger charge is -2.61. The van der Waals surface area contributed by atoms with Crippen LogP contribution in [0.5, 0.6) is 0 Å². The molecule has 0 unspecified atom stereocenters. The van der Waals surface area contributed by atoms with E-state index in [9.17, 15) is 14.4 Å². The summed E-state index contributed by atoms with van der Waals surface area (Å²) in [6, 6.07) is 0. The van der Waals surface area contributed by atoms with Gasteiger partial charge in [-0.3, -0.25) is 14.4 Å². The molecule has 0 aromatic rings. The molecule has 0 radical (unpaired) electrons. The number of hydrogen-bond donors (Lipinski definition) is 0. The van der Waals surface area contributed by atoms with Gasteiger partial charge in [0, 0.05) is 42.6 Å². The molecular weight excluding hydrogens is 476 g/mol. The molecule has 4 fully saturated rings. The van der Waals surface area contributed by atoms with Crippen molar-refractivity contribution in [3.63, 3.8) is 0 Å². The minimum absolute atomic E-state index is 0.0660. The highest BCUT2D eigenvalue weighted by molar-refractivity contribution is 8.26. The number of thioether (sulfide) groups is 1. The lowest BCUT2D eigenvalue weighted by molar-refractivity contribution is -0.222. The van der Waals surface area contributed by atoms with E-state index in [1.807, 2.05) is 6.92 Å². The van der Waals surface area contributed by atoms with Crippen molar-refractivity contribution in [1.29, 1.82) is 0 Å². The molecule has 0 spiro atoms. The Morgan fingerprint density at radius 2 is 1.80 bits per heavy atom. The summed E-state index contributed by atoms with van der Waals surface area (Å²) in [5, 5.41) is -0.856. The lowest BCUT2D eigenvalue weighted by atomic mass is 9.45. The van der Waals surface area contributed by atoms with Crippen LogP contribution in [0, 0.1) is 22.7 Å². The second kappa shape index (κ2) is 7.48. The summed E-state index contributed by atoms with van der Waals surface area (Å²) < 4.78 is 45.4. The maximum atomic E-state index is 17.2. The van der Waals surface area contributed by atoms with Gasteiger partial charge in [0.2, 0.25) is 5.12 Å². The van der Waals surface area contributed by atoms with Gasteiger partial charge in [-0.1, -0.05) is 13.0 Å². The molecular formula is C26H33F2NO5S. The van der Waals surface area contributed by atoms with Gasteiger partial charge in [-0.15, -0.1) is 0 Å². The molecule has 5 rings (SSSR count). The van der Waals surface area contributed by atoms with Gasteiger partial charge in [-0.2, -0.15) is 0 Å². The van der Waals surface area contributed by atoms with E-state index in [0.717, 1.165) is 0 Å². The third kappa shape index (κ3) is 3.10. The van der Waals surface area contributed by atoms with Crippen LogP contribution in [-0.4, -0.2) is 64.5 Å². The molecule has 0 N–H and O–H groups in total. The highest BCUT2D eigenvalue weighted by Gasteiger charge is 2.79. The number of carbonyl (C=O) groups excluding carboxylic acids is 3. The summed E-state index contributed by atoms with van der Waals surface area (Å²) in [7, 11) is 3.14. The number of amides is 1. The SMILES string of the molecule is CN(C)C(=O)SC(=O)[C@@]12OC(C)(C)O[C@@H]1C[C@H]1[C@@H]3C[C@H](F)C4=CC(=O)C=C[C@]4(C)[C@@]3(F)CC[C@@]12C. The summed E-state index contributed by atoms with van der Waals surface area (Å²) in [5.74, 6) is -2.47. The minimum Gasteiger partial charge on any atom is -0.344 e. The highest BCUT2D eigenvalue weighted by Crippen LogP contribution is 2.73. The predicted octanol–water partition coefficient (Wildman–Crippen LogP) is 4.78. The zero-order valence-corrected chi connectivity index (χ0v) is 21.8. The number of ether oxygens (including phenoxy) is 2. The van der Waals surface area contributed by atoms with Gasteiger partial charge < -0.3 is 14.4 Å². The van der Waals surface area contributed by atoms with Gasteiger partial charge in [0.15, 0.2) is 17.2 Å². The average Bonchev–Trinajstić information content (AvgIpc) is 3.17. The number of fused-ring (bicyclic) bond motifs is 7. The summed E-state index contributed by atoms with van der Waals surface area (Å²) in [5.41, 5.74) is -5.12. The number of halogens is 2. The van der Waals surface area contributed by atoms with Crippen molar-refractivity contribution in [2.45, 2.75) is 82.7 Å². The van der Waals surface area contributed by atoms with Gasteiger partial charge in [0.05, 0.1) is 6.10 Å². The van der Waals surface area contributed by atoms with E-state index in [0.29, 0.717) is 24.6 Å². The van der Waals surface area contributed by atoms with Crippen molar-refractivity contribution in [2.24, 2.45) is 22.7 Å². The minimum atomic E-state index is -1.78. The van der Waals surface area contributed by atoms with Crippen LogP contribution >= 0.6 is 11.8 Å². The van der Waals surface area contributed by atoms with Crippen LogP contribution in [0.4, 0.5) is 13.6 Å². The molecule has 1 aliphatic heterocycles. The molecule has 1 saturated heterocycles. The van der Waals surface area contributed by atoms with Gasteiger partial charge in [0.25, 0.3) is 5.24 Å². The van der Waals surface area contributed by atoms with Crippen LogP contribution in [0.2, 0.25) is 0 Å². The monoisotopic (exact) mass is 509 g/mol. The normalized spacial score (nSPS) is 47.3. The van der Waals surface area contributed by atoms with Crippen molar-refractivity contribution in [2.75, 3.05) is 14.1 Å². The molecule has 35 heavy (non-hydrogen) atoms. The van der Waals surface area contributed by atoms with Crippen molar-refractivity contribution < 1.29 is 32.6 Å². The quantitative estimate of drug-likeness (QED) is 0.507. The third-order valence-electron chi connectivity index (χ3n) is 9.49. The van der Waals surface area contributed by atoms with E-state index in [2.05, 4.69) is 0 Å². The van der Waals surface area contributed by atoms with Crippen LogP contribution in [0.25, 0.3) is 0 Å². The molecule has 4 aliphatic carbocycles. The van der Waals surface area contributed by atoms with Gasteiger partial charge in [-0.05, 0) is 70.1 Å². The lowest BCUT2D eigenvalue weighted by Crippen LogP contribution is -2.65. The van der Waals surface area contributed by atoms with Gasteiger partial charge >= 0.3 is 0 Å². The van der Waals surface area contributed by atoms with E-state index >= 15 is 8.78 Å². The Balaban J connectivity index is 1.58. The molecule has 8 atom stereocenters. The average molecular weight is 510 g/mol. The molecule has 5 aliphatic rings. The van der Waals surface area contributed by atoms with Crippen molar-refractivity contribution >= 4 is 27.9 Å². The molecule has 9 heteroatoms. The maximum absolute atomic E-state index is 17.2. The van der Waals surface area contributed by atoms with Crippen LogP contribution in [0.15, 0.2) is 23.8 Å². The first-order valence-electron chi connectivity index (χ1n) is 12.2. The summed E-state index contributed by atoms with van der Waals surface area (Å²) >= 11 is 0.591. The largest absolute Gasteiger partial charge is 0.344 e. The fourth-order valence-electron chi connectivity index (χ4n) is 7.78. The second-order valence-corrected chi connectivity index (χ2v) is 12.8. The van der Waals surface area contributed by atoms with E-state index in [4.69, 9.17) is 9.47 Å². The molecule has 192 valence electrons. The highest BCUT2D eigenvalue weighted by atomic mass is 32.2. The fourth-order valence-corrected chi connectivity index (χ4v) is 8.68. The van der Waals surface area contributed by atoms with E-state index in [-0.39, 0.29) is 24.2 Å². The van der Waals surface area contributed by atoms with E-state index < -0.39 is 62.4 Å². The third-order valence-corrected chi connectivity index (χ3v) is 10.5. The van der Waals surface area contributed by atoms with Crippen LogP contribution in [0.3, 0.4) is 0 Å². The molecule has 1 amide bonds. The topological polar surface area (TPSA) is 72.9 Å². The summed E-state index contributed by atoms with van der Waals surface area (Å²) in [6.45, 7) is 7.07. The Hall–Kier alpha value is -1.58. The molecule has 0 bridgehead atoms. The van der Waals surface area contributed by atoms with Crippen molar-refractivity contribution in [3.05, 3.63) is 23.8 Å². The van der Waals surface area contributed by atoms with Gasteiger partial charge in [0.1, 0.15) is 11.8 Å². The maximum Gasteiger partial charge on any atom is 0.288 e. The number of allylic oxidation sites excluding steroid dienone is 4. The number of rotatable bonds is 1. The smallest absolute Gasteiger partial charge is 0.288 e. The predicted molar refractivity (Wildman–Crippen MR) is 127 cm³/mol. The Kier molecular flexibility index (Phi) is 5.36. The first-order valence-corrected chi connectivity index (χ1v) is 13.0. The first-order chi connectivity index (χ1) is 16.1. The van der Waals surface area contributed by atoms with Crippen molar-refractivity contribution in [3.8, 4) is 0 Å². The van der Waals surface area contributed by atoms with Crippen LogP contribution < -0.4 is 0 Å². The summed E-state index contributed by atoms with van der Waals surface area (Å²) in [4.78, 5) is 39.6. The molecule has 3 saturated carbocycles. The Bertz CT molecular complexity index is 1070. The number of carbonyl (C=O) groups is 3. The molecule has 6 nitrogen and oxygen atoms in total. The Morgan fingerprint density at radius 3 is 2.46 bits per heavy atom. The van der Waals surface area contributed by atoms with Crippen molar-refractivity contribution in [1.82, 2.24) is 4.90 Å². The van der Waals surface area contributed by atoms with Crippen LogP contribution in [-0.2, 0) is 19.1 Å². The molecule has 0 aromatic heterocycles. The van der Waals surface area contributed by atoms with E-state index in [1.54, 1.807) is 34.9 Å². The Morgan fingerprint density at radius 1 is 1.11 bits per heavy atom. The number of nitrogens with zero attached hydrogens (tertiary/aromatic N) is 1. The summed E-state index contributed by atoms with van der Waals surface area (Å²) in [6.07, 6.45) is 2.66. The molecule has 1 heterocycles. The van der Waals surface area contributed by atoms with E-state index in [1.165, 1.54) is 23.1 Å². The number of alkyl halides is 2. The fraction of sp³-hybridized carbons (Fsp3) is 0.731. The zero-order chi connectivity index (χ0) is 25.8. The zero-order valence-electron chi connectivity index (χ0n) is 21.0. The standard InChI is InChI=1S/C26H33F2NO5S/c1-22(2)33-19-13-15-16-12-18(27)17-11-14(30)7-8-23(17,3)25(16,28)10-9-24(15,4)26(19,34-22)20(31)35-21(32)29(5)6/h7-8,11,15-16,18-19H,9-10,12-13H2,1-6H3/t15-,16-,18-,19+,23-,24-,25+,26-/m0/s1. The Labute approximate surface area is 208 Å². The molecule has 0 aromatic carbocycles. The van der Waals surface area contributed by atoms with Crippen LogP contribution in [0.1, 0.15) is 53.4 Å². The first kappa shape index (κ1) is 25.1. The number of hydrogen-bond acceptors (Lipinski definition) is 6. The van der Waals surface area contributed by atoms with Gasteiger partial charge in [-0.25, -0.2) is 8.78 Å². The number of ketones is 1. The second-order valence-electron chi connectivity index (χ2n) is 11.9.